The van der Waals surface area contributed by atoms with Gasteiger partial charge < -0.3 is 10.2 Å². The fourth-order valence-electron chi connectivity index (χ4n) is 1.52. The Bertz CT molecular complexity index is 216. The molecule has 1 N–H and O–H groups in total. The molecule has 3 heteroatoms. The van der Waals surface area contributed by atoms with E-state index in [2.05, 4.69) is 33.0 Å². The summed E-state index contributed by atoms with van der Waals surface area (Å²) in [6.07, 6.45) is 0. The fourth-order valence-corrected chi connectivity index (χ4v) is 1.52. The number of hydrogen-bond acceptors (Lipinski definition) is 2. The first-order valence-electron chi connectivity index (χ1n) is 5.31. The molecule has 0 radical (unpaired) electrons. The summed E-state index contributed by atoms with van der Waals surface area (Å²) in [5, 5.41) is 3.13. The van der Waals surface area contributed by atoms with Gasteiger partial charge in [0.25, 0.3) is 0 Å². The number of nitrogens with zero attached hydrogens (tertiary/aromatic N) is 1. The number of rotatable bonds is 2. The van der Waals surface area contributed by atoms with Crippen molar-refractivity contribution in [2.24, 2.45) is 11.3 Å². The molecule has 14 heavy (non-hydrogen) atoms. The molecule has 0 spiro atoms. The van der Waals surface area contributed by atoms with Crippen molar-refractivity contribution in [2.45, 2.75) is 33.7 Å². The SMILES string of the molecule is CC(N(C)C(=O)C1CNC1)C(C)(C)C. The lowest BCUT2D eigenvalue weighted by Gasteiger charge is -2.39. The summed E-state index contributed by atoms with van der Waals surface area (Å²) in [6, 6.07) is 0.288. The van der Waals surface area contributed by atoms with E-state index in [9.17, 15) is 4.79 Å². The molecule has 0 aromatic carbocycles. The van der Waals surface area contributed by atoms with E-state index in [0.717, 1.165) is 13.1 Å². The van der Waals surface area contributed by atoms with Gasteiger partial charge in [-0.2, -0.15) is 0 Å². The van der Waals surface area contributed by atoms with E-state index in [1.54, 1.807) is 0 Å². The van der Waals surface area contributed by atoms with Crippen molar-refractivity contribution in [1.82, 2.24) is 10.2 Å². The summed E-state index contributed by atoms with van der Waals surface area (Å²) in [5.74, 6) is 0.496. The minimum absolute atomic E-state index is 0.154. The zero-order valence-corrected chi connectivity index (χ0v) is 9.92. The van der Waals surface area contributed by atoms with Crippen molar-refractivity contribution in [2.75, 3.05) is 20.1 Å². The largest absolute Gasteiger partial charge is 0.342 e. The molecule has 0 bridgehead atoms. The molecule has 1 aliphatic heterocycles. The van der Waals surface area contributed by atoms with Gasteiger partial charge >= 0.3 is 0 Å². The van der Waals surface area contributed by atoms with Crippen LogP contribution in [-0.2, 0) is 4.79 Å². The third-order valence-electron chi connectivity index (χ3n) is 3.31. The molecule has 0 aromatic rings. The first-order valence-corrected chi connectivity index (χ1v) is 5.31. The predicted octanol–water partition coefficient (Wildman–Crippen LogP) is 1.10. The summed E-state index contributed by atoms with van der Waals surface area (Å²) in [7, 11) is 1.91. The second-order valence-electron chi connectivity index (χ2n) is 5.35. The third-order valence-corrected chi connectivity index (χ3v) is 3.31. The first-order chi connectivity index (χ1) is 6.34. The Kier molecular flexibility index (Phi) is 3.20. The molecule has 1 aliphatic rings. The molecular weight excluding hydrogens is 176 g/mol. The van der Waals surface area contributed by atoms with Gasteiger partial charge in [-0.15, -0.1) is 0 Å². The molecule has 82 valence electrons. The Morgan fingerprint density at radius 2 is 1.93 bits per heavy atom. The summed E-state index contributed by atoms with van der Waals surface area (Å²) in [6.45, 7) is 10.3. The van der Waals surface area contributed by atoms with Crippen LogP contribution in [0.2, 0.25) is 0 Å². The Hall–Kier alpha value is -0.570. The van der Waals surface area contributed by atoms with E-state index in [-0.39, 0.29) is 23.3 Å². The Morgan fingerprint density at radius 1 is 1.43 bits per heavy atom. The van der Waals surface area contributed by atoms with Crippen LogP contribution in [0, 0.1) is 11.3 Å². The average molecular weight is 198 g/mol. The highest BCUT2D eigenvalue weighted by atomic mass is 16.2. The van der Waals surface area contributed by atoms with Crippen LogP contribution in [0.15, 0.2) is 0 Å². The molecule has 0 saturated carbocycles. The maximum atomic E-state index is 11.9. The monoisotopic (exact) mass is 198 g/mol. The van der Waals surface area contributed by atoms with Crippen LogP contribution in [0.3, 0.4) is 0 Å². The standard InChI is InChI=1S/C11H22N2O/c1-8(11(2,3)4)13(5)10(14)9-6-12-7-9/h8-9,12H,6-7H2,1-5H3. The van der Waals surface area contributed by atoms with Crippen molar-refractivity contribution in [3.05, 3.63) is 0 Å². The van der Waals surface area contributed by atoms with Crippen molar-refractivity contribution in [3.8, 4) is 0 Å². The predicted molar refractivity (Wildman–Crippen MR) is 58.0 cm³/mol. The highest BCUT2D eigenvalue weighted by molar-refractivity contribution is 5.80. The molecule has 0 aliphatic carbocycles. The molecule has 1 atom stereocenters. The molecular formula is C11H22N2O. The topological polar surface area (TPSA) is 32.3 Å². The van der Waals surface area contributed by atoms with Gasteiger partial charge in [0, 0.05) is 26.2 Å². The Labute approximate surface area is 86.9 Å². The molecule has 1 heterocycles. The minimum atomic E-state index is 0.154. The first kappa shape index (κ1) is 11.5. The van der Waals surface area contributed by atoms with Crippen molar-refractivity contribution in [3.63, 3.8) is 0 Å². The highest BCUT2D eigenvalue weighted by Crippen LogP contribution is 2.24. The van der Waals surface area contributed by atoms with Gasteiger partial charge in [0.15, 0.2) is 0 Å². The van der Waals surface area contributed by atoms with Gasteiger partial charge in [-0.1, -0.05) is 20.8 Å². The zero-order chi connectivity index (χ0) is 10.9. The van der Waals surface area contributed by atoms with Gasteiger partial charge in [-0.3, -0.25) is 4.79 Å². The van der Waals surface area contributed by atoms with E-state index >= 15 is 0 Å². The van der Waals surface area contributed by atoms with E-state index in [1.807, 2.05) is 11.9 Å². The Morgan fingerprint density at radius 3 is 2.21 bits per heavy atom. The summed E-state index contributed by atoms with van der Waals surface area (Å²) in [4.78, 5) is 13.8. The van der Waals surface area contributed by atoms with Gasteiger partial charge in [0.1, 0.15) is 0 Å². The number of carbonyl (C=O) groups is 1. The quantitative estimate of drug-likeness (QED) is 0.720. The molecule has 0 aromatic heterocycles. The molecule has 1 rings (SSSR count). The van der Waals surface area contributed by atoms with Crippen LogP contribution in [0.25, 0.3) is 0 Å². The van der Waals surface area contributed by atoms with Gasteiger partial charge in [0.05, 0.1) is 5.92 Å². The number of hydrogen-bond donors (Lipinski definition) is 1. The molecule has 1 unspecified atom stereocenters. The third kappa shape index (κ3) is 2.27. The summed E-state index contributed by atoms with van der Waals surface area (Å²) in [5.41, 5.74) is 0.154. The van der Waals surface area contributed by atoms with Crippen LogP contribution in [-0.4, -0.2) is 37.0 Å². The lowest BCUT2D eigenvalue weighted by Crippen LogP contribution is -2.54. The van der Waals surface area contributed by atoms with Crippen LogP contribution < -0.4 is 5.32 Å². The van der Waals surface area contributed by atoms with E-state index in [4.69, 9.17) is 0 Å². The van der Waals surface area contributed by atoms with Crippen LogP contribution in [0.1, 0.15) is 27.7 Å². The Balaban J connectivity index is 2.55. The summed E-state index contributed by atoms with van der Waals surface area (Å²) < 4.78 is 0. The van der Waals surface area contributed by atoms with Gasteiger partial charge in [-0.25, -0.2) is 0 Å². The van der Waals surface area contributed by atoms with Gasteiger partial charge in [-0.05, 0) is 12.3 Å². The molecule has 1 amide bonds. The number of nitrogens with one attached hydrogen (secondary N) is 1. The molecule has 3 nitrogen and oxygen atoms in total. The smallest absolute Gasteiger partial charge is 0.228 e. The number of amides is 1. The second-order valence-corrected chi connectivity index (χ2v) is 5.35. The van der Waals surface area contributed by atoms with E-state index in [1.165, 1.54) is 0 Å². The lowest BCUT2D eigenvalue weighted by molar-refractivity contribution is -0.139. The van der Waals surface area contributed by atoms with Crippen molar-refractivity contribution >= 4 is 5.91 Å². The highest BCUT2D eigenvalue weighted by Gasteiger charge is 2.33. The minimum Gasteiger partial charge on any atom is -0.342 e. The maximum Gasteiger partial charge on any atom is 0.228 e. The maximum absolute atomic E-state index is 11.9. The molecule has 1 saturated heterocycles. The lowest BCUT2D eigenvalue weighted by atomic mass is 9.86. The average Bonchev–Trinajstić information content (AvgIpc) is 1.96. The molecule has 1 fully saturated rings. The van der Waals surface area contributed by atoms with Crippen LogP contribution >= 0.6 is 0 Å². The van der Waals surface area contributed by atoms with E-state index < -0.39 is 0 Å². The summed E-state index contributed by atoms with van der Waals surface area (Å²) >= 11 is 0. The second kappa shape index (κ2) is 3.89. The van der Waals surface area contributed by atoms with E-state index in [0.29, 0.717) is 0 Å². The van der Waals surface area contributed by atoms with Gasteiger partial charge in [0.2, 0.25) is 5.91 Å². The number of carbonyl (C=O) groups excluding carboxylic acids is 1. The fraction of sp³-hybridized carbons (Fsp3) is 0.909. The van der Waals surface area contributed by atoms with Crippen molar-refractivity contribution < 1.29 is 4.79 Å². The zero-order valence-electron chi connectivity index (χ0n) is 9.92. The van der Waals surface area contributed by atoms with Crippen LogP contribution in [0.4, 0.5) is 0 Å². The normalized spacial score (nSPS) is 20.1. The van der Waals surface area contributed by atoms with Crippen LogP contribution in [0.5, 0.6) is 0 Å². The van der Waals surface area contributed by atoms with Crippen molar-refractivity contribution in [1.29, 1.82) is 0 Å².